The first-order chi connectivity index (χ1) is 8.09. The molecule has 4 heteroatoms. The maximum atomic E-state index is 10.5. The lowest BCUT2D eigenvalue weighted by atomic mass is 9.79. The summed E-state index contributed by atoms with van der Waals surface area (Å²) in [5.74, 6) is 0.653. The summed E-state index contributed by atoms with van der Waals surface area (Å²) in [5, 5.41) is 13.8. The molecule has 2 unspecified atom stereocenters. The molecule has 0 aromatic carbocycles. The van der Waals surface area contributed by atoms with E-state index in [0.717, 1.165) is 31.5 Å². The summed E-state index contributed by atoms with van der Waals surface area (Å²) >= 11 is 1.68. The van der Waals surface area contributed by atoms with Gasteiger partial charge in [-0.1, -0.05) is 19.8 Å². The molecule has 0 saturated heterocycles. The summed E-state index contributed by atoms with van der Waals surface area (Å²) in [4.78, 5) is 5.50. The highest BCUT2D eigenvalue weighted by Crippen LogP contribution is 2.31. The fourth-order valence-corrected chi connectivity index (χ4v) is 3.44. The van der Waals surface area contributed by atoms with Crippen molar-refractivity contribution in [2.45, 2.75) is 51.7 Å². The summed E-state index contributed by atoms with van der Waals surface area (Å²) < 4.78 is 0. The molecule has 1 aromatic rings. The van der Waals surface area contributed by atoms with Gasteiger partial charge in [-0.15, -0.1) is 11.3 Å². The van der Waals surface area contributed by atoms with Gasteiger partial charge in [0.25, 0.3) is 0 Å². The Morgan fingerprint density at radius 2 is 2.47 bits per heavy atom. The maximum Gasteiger partial charge on any atom is 0.0798 e. The zero-order valence-corrected chi connectivity index (χ0v) is 11.5. The second-order valence-corrected chi connectivity index (χ2v) is 6.33. The predicted molar refractivity (Wildman–Crippen MR) is 71.1 cm³/mol. The molecular formula is C13H22N2OS. The van der Waals surface area contributed by atoms with Gasteiger partial charge in [0.1, 0.15) is 0 Å². The molecule has 2 atom stereocenters. The fraction of sp³-hybridized carbons (Fsp3) is 0.769. The topological polar surface area (TPSA) is 45.2 Å². The van der Waals surface area contributed by atoms with Gasteiger partial charge in [-0.25, -0.2) is 4.98 Å². The van der Waals surface area contributed by atoms with E-state index in [-0.39, 0.29) is 0 Å². The van der Waals surface area contributed by atoms with Crippen LogP contribution in [0.2, 0.25) is 0 Å². The minimum absolute atomic E-state index is 0.490. The Balaban J connectivity index is 1.79. The first-order valence-corrected chi connectivity index (χ1v) is 7.29. The smallest absolute Gasteiger partial charge is 0.0798 e. The number of hydrogen-bond acceptors (Lipinski definition) is 4. The lowest BCUT2D eigenvalue weighted by molar-refractivity contribution is -0.0119. The molecule has 17 heavy (non-hydrogen) atoms. The molecule has 0 amide bonds. The quantitative estimate of drug-likeness (QED) is 0.867. The van der Waals surface area contributed by atoms with Crippen LogP contribution in [0, 0.1) is 12.8 Å². The van der Waals surface area contributed by atoms with Gasteiger partial charge >= 0.3 is 0 Å². The van der Waals surface area contributed by atoms with Crippen LogP contribution in [-0.2, 0) is 6.54 Å². The van der Waals surface area contributed by atoms with E-state index in [0.29, 0.717) is 12.5 Å². The number of aromatic nitrogens is 1. The molecule has 1 saturated carbocycles. The number of thiazole rings is 1. The fourth-order valence-electron chi connectivity index (χ4n) is 2.70. The van der Waals surface area contributed by atoms with Gasteiger partial charge in [0.2, 0.25) is 0 Å². The molecule has 3 nitrogen and oxygen atoms in total. The van der Waals surface area contributed by atoms with Crippen molar-refractivity contribution in [2.75, 3.05) is 6.54 Å². The van der Waals surface area contributed by atoms with Crippen LogP contribution in [0.25, 0.3) is 0 Å². The number of nitrogens with one attached hydrogen (secondary N) is 1. The minimum atomic E-state index is -0.490. The molecule has 1 aliphatic rings. The first-order valence-electron chi connectivity index (χ1n) is 6.41. The van der Waals surface area contributed by atoms with Gasteiger partial charge in [0.15, 0.2) is 0 Å². The normalized spacial score (nSPS) is 29.5. The lowest BCUT2D eigenvalue weighted by Crippen LogP contribution is -2.43. The molecule has 0 radical (unpaired) electrons. The number of nitrogens with zero attached hydrogens (tertiary/aromatic N) is 1. The Morgan fingerprint density at radius 1 is 1.65 bits per heavy atom. The first kappa shape index (κ1) is 13.0. The van der Waals surface area contributed by atoms with Crippen LogP contribution >= 0.6 is 11.3 Å². The highest BCUT2D eigenvalue weighted by Gasteiger charge is 2.31. The van der Waals surface area contributed by atoms with Crippen molar-refractivity contribution < 1.29 is 5.11 Å². The molecule has 2 rings (SSSR count). The zero-order chi connectivity index (χ0) is 12.3. The zero-order valence-electron chi connectivity index (χ0n) is 10.7. The minimum Gasteiger partial charge on any atom is -0.389 e. The Morgan fingerprint density at radius 3 is 3.12 bits per heavy atom. The molecule has 1 heterocycles. The largest absolute Gasteiger partial charge is 0.389 e. The van der Waals surface area contributed by atoms with Gasteiger partial charge in [-0.05, 0) is 25.7 Å². The van der Waals surface area contributed by atoms with Crippen LogP contribution in [0.15, 0.2) is 5.51 Å². The van der Waals surface area contributed by atoms with Crippen LogP contribution in [0.3, 0.4) is 0 Å². The van der Waals surface area contributed by atoms with Gasteiger partial charge in [-0.2, -0.15) is 0 Å². The number of rotatable bonds is 4. The Bertz CT molecular complexity index is 366. The van der Waals surface area contributed by atoms with Gasteiger partial charge in [-0.3, -0.25) is 0 Å². The molecule has 1 fully saturated rings. The van der Waals surface area contributed by atoms with Crippen molar-refractivity contribution in [2.24, 2.45) is 5.92 Å². The number of hydrogen-bond donors (Lipinski definition) is 2. The average Bonchev–Trinajstić information content (AvgIpc) is 2.64. The van der Waals surface area contributed by atoms with E-state index in [9.17, 15) is 5.11 Å². The van der Waals surface area contributed by atoms with Crippen molar-refractivity contribution in [3.05, 3.63) is 16.1 Å². The summed E-state index contributed by atoms with van der Waals surface area (Å²) in [6.07, 6.45) is 4.28. The molecule has 96 valence electrons. The van der Waals surface area contributed by atoms with Gasteiger partial charge in [0, 0.05) is 18.0 Å². The van der Waals surface area contributed by atoms with Gasteiger partial charge in [0.05, 0.1) is 16.8 Å². The number of aryl methyl sites for hydroxylation is 1. The van der Waals surface area contributed by atoms with Crippen LogP contribution in [-0.4, -0.2) is 22.2 Å². The molecule has 1 aromatic heterocycles. The van der Waals surface area contributed by atoms with E-state index in [1.165, 1.54) is 11.3 Å². The second-order valence-electron chi connectivity index (χ2n) is 5.39. The van der Waals surface area contributed by atoms with E-state index in [2.05, 4.69) is 17.2 Å². The molecule has 0 aliphatic heterocycles. The van der Waals surface area contributed by atoms with Gasteiger partial charge < -0.3 is 10.4 Å². The second kappa shape index (κ2) is 5.46. The van der Waals surface area contributed by atoms with Crippen LogP contribution in [0.5, 0.6) is 0 Å². The van der Waals surface area contributed by atoms with E-state index >= 15 is 0 Å². The number of aliphatic hydroxyl groups is 1. The van der Waals surface area contributed by atoms with E-state index < -0.39 is 5.60 Å². The van der Waals surface area contributed by atoms with E-state index in [1.807, 2.05) is 12.4 Å². The highest BCUT2D eigenvalue weighted by atomic mass is 32.1. The van der Waals surface area contributed by atoms with Crippen molar-refractivity contribution in [3.63, 3.8) is 0 Å². The third-order valence-electron chi connectivity index (χ3n) is 3.65. The third-order valence-corrected chi connectivity index (χ3v) is 4.59. The molecule has 1 aliphatic carbocycles. The summed E-state index contributed by atoms with van der Waals surface area (Å²) in [6.45, 7) is 5.80. The van der Waals surface area contributed by atoms with Crippen molar-refractivity contribution >= 4 is 11.3 Å². The third kappa shape index (κ3) is 3.50. The van der Waals surface area contributed by atoms with Crippen LogP contribution in [0.4, 0.5) is 0 Å². The van der Waals surface area contributed by atoms with Crippen molar-refractivity contribution in [3.8, 4) is 0 Å². The summed E-state index contributed by atoms with van der Waals surface area (Å²) in [5.41, 5.74) is 2.49. The maximum absolute atomic E-state index is 10.5. The van der Waals surface area contributed by atoms with Crippen LogP contribution < -0.4 is 5.32 Å². The monoisotopic (exact) mass is 254 g/mol. The molecule has 0 bridgehead atoms. The SMILES string of the molecule is Cc1ncsc1CNCC1(O)CCCC(C)C1. The summed E-state index contributed by atoms with van der Waals surface area (Å²) in [6, 6.07) is 0. The van der Waals surface area contributed by atoms with E-state index in [1.54, 1.807) is 11.3 Å². The standard InChI is InChI=1S/C13H22N2OS/c1-10-4-3-5-13(16,6-10)8-14-7-12-11(2)15-9-17-12/h9-10,14,16H,3-8H2,1-2H3. The lowest BCUT2D eigenvalue weighted by Gasteiger charge is -2.35. The van der Waals surface area contributed by atoms with Crippen molar-refractivity contribution in [1.82, 2.24) is 10.3 Å². The highest BCUT2D eigenvalue weighted by molar-refractivity contribution is 7.09. The predicted octanol–water partition coefficient (Wildman–Crippen LogP) is 2.48. The summed E-state index contributed by atoms with van der Waals surface area (Å²) in [7, 11) is 0. The Labute approximate surface area is 107 Å². The van der Waals surface area contributed by atoms with Crippen LogP contribution in [0.1, 0.15) is 43.2 Å². The Hall–Kier alpha value is -0.450. The van der Waals surface area contributed by atoms with E-state index in [4.69, 9.17) is 0 Å². The molecule has 0 spiro atoms. The average molecular weight is 254 g/mol. The molecule has 2 N–H and O–H groups in total. The molecular weight excluding hydrogens is 232 g/mol. The Kier molecular flexibility index (Phi) is 4.17. The van der Waals surface area contributed by atoms with Crippen molar-refractivity contribution in [1.29, 1.82) is 0 Å².